The van der Waals surface area contributed by atoms with E-state index in [1.54, 1.807) is 50.7 Å². The summed E-state index contributed by atoms with van der Waals surface area (Å²) in [5.74, 6) is 0.774. The van der Waals surface area contributed by atoms with E-state index in [1.807, 2.05) is 0 Å². The lowest BCUT2D eigenvalue weighted by Gasteiger charge is -2.14. The maximum absolute atomic E-state index is 13.1. The Morgan fingerprint density at radius 1 is 1.26 bits per heavy atom. The van der Waals surface area contributed by atoms with Gasteiger partial charge in [0.1, 0.15) is 10.9 Å². The summed E-state index contributed by atoms with van der Waals surface area (Å²) < 4.78 is 11.9. The summed E-state index contributed by atoms with van der Waals surface area (Å²) in [5.41, 5.74) is 4.17. The molecule has 0 saturated heterocycles. The summed E-state index contributed by atoms with van der Waals surface area (Å²) in [6, 6.07) is 4.56. The monoisotopic (exact) mass is 440 g/mol. The minimum atomic E-state index is -0.744. The van der Waals surface area contributed by atoms with Crippen LogP contribution in [0.3, 0.4) is 0 Å². The van der Waals surface area contributed by atoms with Crippen molar-refractivity contribution in [3.63, 3.8) is 0 Å². The number of ether oxygens (including phenoxy) is 2. The van der Waals surface area contributed by atoms with Crippen molar-refractivity contribution in [1.29, 1.82) is 0 Å². The van der Waals surface area contributed by atoms with Gasteiger partial charge < -0.3 is 9.47 Å². The number of methoxy groups -OCH3 is 2. The van der Waals surface area contributed by atoms with Crippen LogP contribution in [-0.2, 0) is 17.6 Å². The number of benzene rings is 1. The number of aromatic nitrogens is 2. The van der Waals surface area contributed by atoms with E-state index in [9.17, 15) is 9.59 Å². The minimum Gasteiger partial charge on any atom is -0.493 e. The number of hydrogen-bond donors (Lipinski definition) is 1. The molecule has 1 N–H and O–H groups in total. The van der Waals surface area contributed by atoms with Crippen LogP contribution in [0.4, 0.5) is 0 Å². The number of hydrogen-bond acceptors (Lipinski definition) is 7. The molecular formula is C22H24N4O4S. The van der Waals surface area contributed by atoms with E-state index in [2.05, 4.69) is 15.5 Å². The molecule has 1 unspecified atom stereocenters. The minimum absolute atomic E-state index is 0.170. The first kappa shape index (κ1) is 21.0. The van der Waals surface area contributed by atoms with E-state index in [1.165, 1.54) is 22.0 Å². The molecule has 1 amide bonds. The van der Waals surface area contributed by atoms with Gasteiger partial charge in [0.15, 0.2) is 11.5 Å². The number of nitrogens with zero attached hydrogens (tertiary/aromatic N) is 3. The predicted octanol–water partition coefficient (Wildman–Crippen LogP) is 3.07. The SMILES string of the molecule is COc1ccc(/C=N/NC(=O)C(C)n2cnc3sc4c(c3c2=O)CCCC4)cc1OC. The number of thiophene rings is 1. The molecular weight excluding hydrogens is 416 g/mol. The zero-order valence-electron chi connectivity index (χ0n) is 17.7. The number of hydrazone groups is 1. The zero-order valence-corrected chi connectivity index (χ0v) is 18.5. The summed E-state index contributed by atoms with van der Waals surface area (Å²) in [5, 5.41) is 4.68. The first-order valence-corrected chi connectivity index (χ1v) is 10.9. The molecule has 1 atom stereocenters. The van der Waals surface area contributed by atoms with Crippen molar-refractivity contribution in [2.45, 2.75) is 38.6 Å². The molecule has 1 aliphatic rings. The van der Waals surface area contributed by atoms with Gasteiger partial charge in [0.05, 0.1) is 32.1 Å². The Hall–Kier alpha value is -3.20. The van der Waals surface area contributed by atoms with Gasteiger partial charge in [-0.15, -0.1) is 11.3 Å². The van der Waals surface area contributed by atoms with E-state index in [4.69, 9.17) is 9.47 Å². The highest BCUT2D eigenvalue weighted by atomic mass is 32.1. The Balaban J connectivity index is 1.52. The molecule has 0 saturated carbocycles. The van der Waals surface area contributed by atoms with Gasteiger partial charge in [-0.05, 0) is 61.9 Å². The molecule has 3 aromatic rings. The summed E-state index contributed by atoms with van der Waals surface area (Å²) in [4.78, 5) is 32.2. The number of carbonyl (C=O) groups excluding carboxylic acids is 1. The molecule has 0 bridgehead atoms. The Bertz CT molecular complexity index is 1210. The molecule has 0 fully saturated rings. The van der Waals surface area contributed by atoms with Crippen molar-refractivity contribution in [1.82, 2.24) is 15.0 Å². The van der Waals surface area contributed by atoms with Gasteiger partial charge in [-0.3, -0.25) is 14.2 Å². The molecule has 4 rings (SSSR count). The molecule has 1 aromatic carbocycles. The summed E-state index contributed by atoms with van der Waals surface area (Å²) in [6.45, 7) is 1.66. The Kier molecular flexibility index (Phi) is 6.03. The van der Waals surface area contributed by atoms with Gasteiger partial charge >= 0.3 is 0 Å². The zero-order chi connectivity index (χ0) is 22.0. The molecule has 0 radical (unpaired) electrons. The van der Waals surface area contributed by atoms with Crippen molar-refractivity contribution in [3.8, 4) is 11.5 Å². The molecule has 2 aromatic heterocycles. The third kappa shape index (κ3) is 4.05. The highest BCUT2D eigenvalue weighted by molar-refractivity contribution is 7.18. The van der Waals surface area contributed by atoms with Gasteiger partial charge in [-0.2, -0.15) is 5.10 Å². The van der Waals surface area contributed by atoms with E-state index >= 15 is 0 Å². The van der Waals surface area contributed by atoms with Gasteiger partial charge in [0.25, 0.3) is 11.5 Å². The average molecular weight is 441 g/mol. The Morgan fingerprint density at radius 3 is 2.81 bits per heavy atom. The number of nitrogens with one attached hydrogen (secondary N) is 1. The van der Waals surface area contributed by atoms with Crippen LogP contribution in [0.2, 0.25) is 0 Å². The van der Waals surface area contributed by atoms with Crippen molar-refractivity contribution in [2.24, 2.45) is 5.10 Å². The summed E-state index contributed by atoms with van der Waals surface area (Å²) in [7, 11) is 3.11. The Morgan fingerprint density at radius 2 is 2.03 bits per heavy atom. The highest BCUT2D eigenvalue weighted by Gasteiger charge is 2.23. The van der Waals surface area contributed by atoms with Crippen LogP contribution < -0.4 is 20.5 Å². The van der Waals surface area contributed by atoms with Gasteiger partial charge in [-0.1, -0.05) is 0 Å². The van der Waals surface area contributed by atoms with Crippen molar-refractivity contribution < 1.29 is 14.3 Å². The third-order valence-corrected chi connectivity index (χ3v) is 6.69. The molecule has 1 aliphatic carbocycles. The van der Waals surface area contributed by atoms with Gasteiger partial charge in [0, 0.05) is 4.88 Å². The van der Waals surface area contributed by atoms with Gasteiger partial charge in [-0.25, -0.2) is 10.4 Å². The average Bonchev–Trinajstić information content (AvgIpc) is 3.18. The lowest BCUT2D eigenvalue weighted by Crippen LogP contribution is -2.34. The third-order valence-electron chi connectivity index (χ3n) is 5.49. The van der Waals surface area contributed by atoms with Crippen LogP contribution in [0.1, 0.15) is 41.8 Å². The smallest absolute Gasteiger partial charge is 0.263 e. The second-order valence-corrected chi connectivity index (χ2v) is 8.46. The quantitative estimate of drug-likeness (QED) is 0.470. The van der Waals surface area contributed by atoms with E-state index in [-0.39, 0.29) is 5.56 Å². The van der Waals surface area contributed by atoms with Crippen LogP contribution in [0, 0.1) is 0 Å². The lowest BCUT2D eigenvalue weighted by atomic mass is 9.97. The Labute approximate surface area is 183 Å². The van der Waals surface area contributed by atoms with Crippen LogP contribution >= 0.6 is 11.3 Å². The number of amides is 1. The molecule has 0 aliphatic heterocycles. The van der Waals surface area contributed by atoms with E-state index in [0.29, 0.717) is 16.9 Å². The number of aryl methyl sites for hydroxylation is 2. The van der Waals surface area contributed by atoms with Gasteiger partial charge in [0.2, 0.25) is 0 Å². The van der Waals surface area contributed by atoms with E-state index in [0.717, 1.165) is 41.6 Å². The number of rotatable bonds is 6. The molecule has 2 heterocycles. The van der Waals surface area contributed by atoms with Crippen LogP contribution in [-0.4, -0.2) is 35.9 Å². The van der Waals surface area contributed by atoms with Crippen LogP contribution in [0.15, 0.2) is 34.4 Å². The fraction of sp³-hybridized carbons (Fsp3) is 0.364. The first-order chi connectivity index (χ1) is 15.0. The maximum atomic E-state index is 13.1. The van der Waals surface area contributed by atoms with E-state index < -0.39 is 11.9 Å². The summed E-state index contributed by atoms with van der Waals surface area (Å²) in [6.07, 6.45) is 7.07. The van der Waals surface area contributed by atoms with Crippen LogP contribution in [0.5, 0.6) is 11.5 Å². The normalized spacial score (nSPS) is 14.4. The van der Waals surface area contributed by atoms with Crippen LogP contribution in [0.25, 0.3) is 10.2 Å². The second-order valence-electron chi connectivity index (χ2n) is 7.37. The van der Waals surface area contributed by atoms with Crippen molar-refractivity contribution in [3.05, 3.63) is 50.9 Å². The fourth-order valence-electron chi connectivity index (χ4n) is 3.76. The molecule has 0 spiro atoms. The maximum Gasteiger partial charge on any atom is 0.263 e. The largest absolute Gasteiger partial charge is 0.493 e. The second kappa shape index (κ2) is 8.89. The van der Waals surface area contributed by atoms with Crippen molar-refractivity contribution >= 4 is 33.7 Å². The first-order valence-electron chi connectivity index (χ1n) is 10.1. The number of carbonyl (C=O) groups is 1. The molecule has 162 valence electrons. The summed E-state index contributed by atoms with van der Waals surface area (Å²) >= 11 is 1.59. The number of fused-ring (bicyclic) bond motifs is 3. The molecule has 8 nitrogen and oxygen atoms in total. The highest BCUT2D eigenvalue weighted by Crippen LogP contribution is 2.33. The molecule has 9 heteroatoms. The standard InChI is InChI=1S/C22H24N4O4S/c1-13(20(27)25-24-11-14-8-9-16(29-2)17(10-14)30-3)26-12-23-21-19(22(26)28)15-6-4-5-7-18(15)31-21/h8-13H,4-7H2,1-3H3,(H,25,27)/b24-11+. The lowest BCUT2D eigenvalue weighted by molar-refractivity contribution is -0.123. The van der Waals surface area contributed by atoms with Crippen molar-refractivity contribution in [2.75, 3.05) is 14.2 Å². The fourth-order valence-corrected chi connectivity index (χ4v) is 4.98. The topological polar surface area (TPSA) is 94.8 Å². The molecule has 31 heavy (non-hydrogen) atoms. The predicted molar refractivity (Wildman–Crippen MR) is 121 cm³/mol.